The Kier molecular flexibility index (Phi) is 3.84. The van der Waals surface area contributed by atoms with E-state index in [2.05, 4.69) is 28.1 Å². The molecular formula is C19H20N6O. The largest absolute Gasteiger partial charge is 0.459 e. The van der Waals surface area contributed by atoms with E-state index in [1.165, 1.54) is 6.33 Å². The Labute approximate surface area is 151 Å². The molecule has 0 aliphatic rings. The highest BCUT2D eigenvalue weighted by Crippen LogP contribution is 2.29. The van der Waals surface area contributed by atoms with Crippen LogP contribution in [0.1, 0.15) is 24.4 Å². The van der Waals surface area contributed by atoms with Crippen LogP contribution in [0.2, 0.25) is 0 Å². The van der Waals surface area contributed by atoms with Crippen LogP contribution in [-0.4, -0.2) is 26.8 Å². The summed E-state index contributed by atoms with van der Waals surface area (Å²) in [6.45, 7) is 3.97. The van der Waals surface area contributed by atoms with E-state index >= 15 is 0 Å². The number of rotatable bonds is 4. The lowest BCUT2D eigenvalue weighted by atomic mass is 10.2. The van der Waals surface area contributed by atoms with Crippen LogP contribution >= 0.6 is 0 Å². The summed E-state index contributed by atoms with van der Waals surface area (Å²) in [7, 11) is 1.97. The fraction of sp³-hybridized carbons (Fsp3) is 0.211. The van der Waals surface area contributed by atoms with Crippen molar-refractivity contribution in [2.24, 2.45) is 0 Å². The summed E-state index contributed by atoms with van der Waals surface area (Å²) in [6.07, 6.45) is 1.52. The number of furan rings is 1. The third-order valence-electron chi connectivity index (χ3n) is 4.51. The predicted octanol–water partition coefficient (Wildman–Crippen LogP) is 3.50. The molecule has 3 heterocycles. The van der Waals surface area contributed by atoms with Gasteiger partial charge in [-0.15, -0.1) is 0 Å². The van der Waals surface area contributed by atoms with E-state index in [1.54, 1.807) is 4.68 Å². The Morgan fingerprint density at radius 1 is 1.15 bits per heavy atom. The molecule has 0 radical (unpaired) electrons. The molecule has 4 rings (SSSR count). The number of aryl methyl sites for hydroxylation is 1. The van der Waals surface area contributed by atoms with Crippen molar-refractivity contribution in [3.63, 3.8) is 0 Å². The average Bonchev–Trinajstić information content (AvgIpc) is 3.23. The quantitative estimate of drug-likeness (QED) is 0.607. The summed E-state index contributed by atoms with van der Waals surface area (Å²) in [5.41, 5.74) is 7.72. The summed E-state index contributed by atoms with van der Waals surface area (Å²) < 4.78 is 7.60. The third-order valence-corrected chi connectivity index (χ3v) is 4.51. The fourth-order valence-electron chi connectivity index (χ4n) is 2.95. The molecule has 3 aromatic heterocycles. The lowest BCUT2D eigenvalue weighted by molar-refractivity contribution is 0.500. The van der Waals surface area contributed by atoms with E-state index in [0.29, 0.717) is 11.6 Å². The molecule has 132 valence electrons. The Morgan fingerprint density at radius 3 is 2.69 bits per heavy atom. The molecule has 0 bridgehead atoms. The summed E-state index contributed by atoms with van der Waals surface area (Å²) in [5, 5.41) is 5.47. The van der Waals surface area contributed by atoms with E-state index < -0.39 is 0 Å². The number of nitrogen functional groups attached to an aromatic ring is 1. The number of nitrogens with zero attached hydrogens (tertiary/aromatic N) is 5. The zero-order valence-corrected chi connectivity index (χ0v) is 14.9. The van der Waals surface area contributed by atoms with Crippen molar-refractivity contribution in [1.82, 2.24) is 19.7 Å². The normalized spacial score (nSPS) is 12.4. The lowest BCUT2D eigenvalue weighted by Crippen LogP contribution is -2.22. The van der Waals surface area contributed by atoms with Gasteiger partial charge >= 0.3 is 0 Å². The highest BCUT2D eigenvalue weighted by Gasteiger charge is 2.19. The first-order valence-corrected chi connectivity index (χ1v) is 8.39. The molecule has 0 saturated carbocycles. The van der Waals surface area contributed by atoms with E-state index in [-0.39, 0.29) is 6.04 Å². The van der Waals surface area contributed by atoms with Crippen LogP contribution in [-0.2, 0) is 0 Å². The first-order valence-electron chi connectivity index (χ1n) is 8.39. The minimum absolute atomic E-state index is 0.00172. The Bertz CT molecular complexity index is 1030. The molecular weight excluding hydrogens is 328 g/mol. The molecule has 0 fully saturated rings. The van der Waals surface area contributed by atoms with Crippen molar-refractivity contribution in [1.29, 1.82) is 0 Å². The number of fused-ring (bicyclic) bond motifs is 1. The molecule has 0 aliphatic carbocycles. The summed E-state index contributed by atoms with van der Waals surface area (Å²) in [6, 6.07) is 13.7. The highest BCUT2D eigenvalue weighted by molar-refractivity contribution is 5.77. The van der Waals surface area contributed by atoms with Crippen molar-refractivity contribution in [2.45, 2.75) is 19.9 Å². The molecule has 4 aromatic rings. The number of anilines is 2. The summed E-state index contributed by atoms with van der Waals surface area (Å²) in [5.74, 6) is 2.81. The zero-order chi connectivity index (χ0) is 18.3. The second kappa shape index (κ2) is 6.18. The molecule has 0 amide bonds. The summed E-state index contributed by atoms with van der Waals surface area (Å²) in [4.78, 5) is 10.7. The van der Waals surface area contributed by atoms with Crippen molar-refractivity contribution in [3.05, 3.63) is 60.2 Å². The molecule has 1 atom stereocenters. The lowest BCUT2D eigenvalue weighted by Gasteiger charge is -2.24. The fourth-order valence-corrected chi connectivity index (χ4v) is 2.95. The van der Waals surface area contributed by atoms with Gasteiger partial charge in [0.05, 0.1) is 11.7 Å². The minimum atomic E-state index is 0.00172. The van der Waals surface area contributed by atoms with Crippen molar-refractivity contribution in [3.8, 4) is 5.82 Å². The molecule has 0 spiro atoms. The topological polar surface area (TPSA) is 86.0 Å². The van der Waals surface area contributed by atoms with E-state index in [0.717, 1.165) is 28.2 Å². The maximum atomic E-state index is 6.00. The van der Waals surface area contributed by atoms with Gasteiger partial charge in [0.1, 0.15) is 29.3 Å². The molecule has 7 nitrogen and oxygen atoms in total. The minimum Gasteiger partial charge on any atom is -0.459 e. The number of para-hydroxylation sites is 1. The molecule has 0 aliphatic heterocycles. The Balaban J connectivity index is 1.66. The first-order chi connectivity index (χ1) is 12.5. The van der Waals surface area contributed by atoms with Crippen molar-refractivity contribution < 1.29 is 4.42 Å². The smallest absolute Gasteiger partial charge is 0.161 e. The van der Waals surface area contributed by atoms with Gasteiger partial charge in [0, 0.05) is 24.6 Å². The second-order valence-electron chi connectivity index (χ2n) is 6.33. The third kappa shape index (κ3) is 2.77. The van der Waals surface area contributed by atoms with Crippen molar-refractivity contribution in [2.75, 3.05) is 17.7 Å². The van der Waals surface area contributed by atoms with E-state index in [9.17, 15) is 0 Å². The SMILES string of the molecule is Cc1cc(N)n(-c2cc(N(C)C(C)c3cc4ccccc4o3)ncn2)n1. The van der Waals surface area contributed by atoms with Crippen LogP contribution in [0.15, 0.2) is 53.2 Å². The number of benzene rings is 1. The van der Waals surface area contributed by atoms with Gasteiger partial charge in [-0.1, -0.05) is 18.2 Å². The van der Waals surface area contributed by atoms with Gasteiger partial charge < -0.3 is 15.1 Å². The zero-order valence-electron chi connectivity index (χ0n) is 14.9. The van der Waals surface area contributed by atoms with Gasteiger partial charge in [-0.05, 0) is 26.0 Å². The first kappa shape index (κ1) is 16.1. The standard InChI is InChI=1S/C19H20N6O/c1-12-8-17(20)25(23-12)19-10-18(21-11-22-19)24(3)13(2)16-9-14-6-4-5-7-15(14)26-16/h4-11,13H,20H2,1-3H3. The molecule has 0 saturated heterocycles. The van der Waals surface area contributed by atoms with Crippen LogP contribution in [0.4, 0.5) is 11.6 Å². The number of hydrogen-bond donors (Lipinski definition) is 1. The van der Waals surface area contributed by atoms with Gasteiger partial charge in [-0.2, -0.15) is 9.78 Å². The predicted molar refractivity (Wildman–Crippen MR) is 101 cm³/mol. The number of nitrogens with two attached hydrogens (primary N) is 1. The van der Waals surface area contributed by atoms with E-state index in [1.807, 2.05) is 55.3 Å². The van der Waals surface area contributed by atoms with Crippen LogP contribution in [0.25, 0.3) is 16.8 Å². The monoisotopic (exact) mass is 348 g/mol. The maximum Gasteiger partial charge on any atom is 0.161 e. The number of hydrogen-bond acceptors (Lipinski definition) is 6. The summed E-state index contributed by atoms with van der Waals surface area (Å²) >= 11 is 0. The number of aromatic nitrogens is 4. The van der Waals surface area contributed by atoms with Gasteiger partial charge in [0.25, 0.3) is 0 Å². The molecule has 1 unspecified atom stereocenters. The van der Waals surface area contributed by atoms with Gasteiger partial charge in [-0.3, -0.25) is 0 Å². The van der Waals surface area contributed by atoms with Gasteiger partial charge in [0.2, 0.25) is 0 Å². The second-order valence-corrected chi connectivity index (χ2v) is 6.33. The highest BCUT2D eigenvalue weighted by atomic mass is 16.3. The van der Waals surface area contributed by atoms with Crippen LogP contribution in [0.5, 0.6) is 0 Å². The van der Waals surface area contributed by atoms with Gasteiger partial charge in [0.15, 0.2) is 5.82 Å². The van der Waals surface area contributed by atoms with Crippen molar-refractivity contribution >= 4 is 22.6 Å². The molecule has 1 aromatic carbocycles. The molecule has 7 heteroatoms. The molecule has 26 heavy (non-hydrogen) atoms. The molecule has 2 N–H and O–H groups in total. The van der Waals surface area contributed by atoms with Crippen LogP contribution in [0, 0.1) is 6.92 Å². The maximum absolute atomic E-state index is 6.00. The Hall–Kier alpha value is -3.35. The average molecular weight is 348 g/mol. The van der Waals surface area contributed by atoms with E-state index in [4.69, 9.17) is 10.2 Å². The van der Waals surface area contributed by atoms with Crippen LogP contribution < -0.4 is 10.6 Å². The Morgan fingerprint density at radius 2 is 1.96 bits per heavy atom. The van der Waals surface area contributed by atoms with Crippen LogP contribution in [0.3, 0.4) is 0 Å². The van der Waals surface area contributed by atoms with Gasteiger partial charge in [-0.25, -0.2) is 9.97 Å².